The second-order valence-electron chi connectivity index (χ2n) is 13.4. The molecule has 0 aromatic heterocycles. The summed E-state index contributed by atoms with van der Waals surface area (Å²) in [6.07, 6.45) is 5.68. The van der Waals surface area contributed by atoms with Gasteiger partial charge in [-0.25, -0.2) is 4.39 Å². The number of Topliss-reactive ketones (excluding diaryl/α,β-unsaturated/α-hetero) is 1. The molecule has 4 unspecified atom stereocenters. The lowest BCUT2D eigenvalue weighted by molar-refractivity contribution is -0.159. The normalized spacial score (nSPS) is 46.8. The van der Waals surface area contributed by atoms with Crippen LogP contribution in [0.15, 0.2) is 0 Å². The average molecular weight is 465 g/mol. The molecule has 4 saturated carbocycles. The van der Waals surface area contributed by atoms with E-state index in [-0.39, 0.29) is 28.6 Å². The maximum absolute atomic E-state index is 14.2. The van der Waals surface area contributed by atoms with Crippen LogP contribution in [-0.4, -0.2) is 34.4 Å². The quantitative estimate of drug-likeness (QED) is 0.492. The number of halogens is 1. The van der Waals surface area contributed by atoms with Gasteiger partial charge in [0.1, 0.15) is 12.0 Å². The molecular weight excluding hydrogens is 415 g/mol. The topological polar surface area (TPSA) is 57.5 Å². The minimum absolute atomic E-state index is 0.0328. The molecule has 12 atom stereocenters. The first kappa shape index (κ1) is 25.6. The molecule has 0 bridgehead atoms. The van der Waals surface area contributed by atoms with E-state index in [0.29, 0.717) is 54.6 Å². The van der Waals surface area contributed by atoms with Crippen molar-refractivity contribution in [3.05, 3.63) is 0 Å². The SMILES string of the molecule is CC[C@@H](C(C)C)[C@H](O)[C@@H](O)[C@@H](C)[C@H]1CCC2C3CC(=O)C4C[C@@H](F)CC[C@]4(C)C3CC[C@@]21C. The van der Waals surface area contributed by atoms with Crippen molar-refractivity contribution in [1.82, 2.24) is 0 Å². The highest BCUT2D eigenvalue weighted by atomic mass is 19.1. The minimum Gasteiger partial charge on any atom is -0.390 e. The van der Waals surface area contributed by atoms with Gasteiger partial charge in [-0.3, -0.25) is 4.79 Å². The summed E-state index contributed by atoms with van der Waals surface area (Å²) >= 11 is 0. The zero-order valence-corrected chi connectivity index (χ0v) is 21.9. The third-order valence-electron chi connectivity index (χ3n) is 11.8. The number of aliphatic hydroxyl groups excluding tert-OH is 2. The first-order valence-corrected chi connectivity index (χ1v) is 14.0. The minimum atomic E-state index is -0.806. The molecule has 190 valence electrons. The van der Waals surface area contributed by atoms with E-state index in [1.54, 1.807) is 0 Å². The Labute approximate surface area is 201 Å². The van der Waals surface area contributed by atoms with Crippen LogP contribution < -0.4 is 0 Å². The van der Waals surface area contributed by atoms with Crippen molar-refractivity contribution >= 4 is 5.78 Å². The number of carbonyl (C=O) groups excluding carboxylic acids is 1. The van der Waals surface area contributed by atoms with E-state index in [1.807, 2.05) is 0 Å². The molecule has 0 spiro atoms. The van der Waals surface area contributed by atoms with Gasteiger partial charge in [0.15, 0.2) is 0 Å². The number of carbonyl (C=O) groups is 1. The Morgan fingerprint density at radius 1 is 0.970 bits per heavy atom. The Morgan fingerprint density at radius 3 is 2.24 bits per heavy atom. The number of ketones is 1. The van der Waals surface area contributed by atoms with Gasteiger partial charge >= 0.3 is 0 Å². The van der Waals surface area contributed by atoms with Crippen molar-refractivity contribution in [2.45, 2.75) is 118 Å². The lowest BCUT2D eigenvalue weighted by Gasteiger charge is -2.60. The van der Waals surface area contributed by atoms with E-state index < -0.39 is 18.4 Å². The molecule has 0 radical (unpaired) electrons. The Hall–Kier alpha value is -0.480. The molecule has 4 aliphatic rings. The fourth-order valence-electron chi connectivity index (χ4n) is 9.81. The summed E-state index contributed by atoms with van der Waals surface area (Å²) in [7, 11) is 0. The molecule has 4 heteroatoms. The van der Waals surface area contributed by atoms with Crippen molar-refractivity contribution in [2.24, 2.45) is 58.2 Å². The van der Waals surface area contributed by atoms with E-state index in [1.165, 1.54) is 0 Å². The van der Waals surface area contributed by atoms with Crippen LogP contribution >= 0.6 is 0 Å². The standard InChI is InChI=1S/C29H49FO3/c1-7-19(16(2)3)27(33)26(32)17(4)21-8-9-22-20-15-25(31)24-14-18(30)10-12-29(24,6)23(20)11-13-28(21,22)5/h16-24,26-27,32-33H,7-15H2,1-6H3/t17-,18-,19-,20?,21+,22?,23?,24?,26-,27-,28+,29+/m0/s1. The molecular formula is C29H49FO3. The van der Waals surface area contributed by atoms with E-state index >= 15 is 0 Å². The Kier molecular flexibility index (Phi) is 7.13. The third-order valence-corrected chi connectivity index (χ3v) is 11.8. The third kappa shape index (κ3) is 4.03. The molecule has 0 aromatic rings. The Balaban J connectivity index is 1.54. The zero-order valence-electron chi connectivity index (χ0n) is 21.9. The highest BCUT2D eigenvalue weighted by Gasteiger charge is 2.63. The summed E-state index contributed by atoms with van der Waals surface area (Å²) in [5.41, 5.74) is 0.0799. The van der Waals surface area contributed by atoms with Gasteiger partial charge in [0.05, 0.1) is 12.2 Å². The van der Waals surface area contributed by atoms with Crippen LogP contribution in [-0.2, 0) is 4.79 Å². The average Bonchev–Trinajstić information content (AvgIpc) is 3.11. The van der Waals surface area contributed by atoms with Gasteiger partial charge in [0.25, 0.3) is 0 Å². The monoisotopic (exact) mass is 464 g/mol. The van der Waals surface area contributed by atoms with Gasteiger partial charge in [0.2, 0.25) is 0 Å². The van der Waals surface area contributed by atoms with Crippen LogP contribution in [0.4, 0.5) is 4.39 Å². The molecule has 4 fully saturated rings. The van der Waals surface area contributed by atoms with Gasteiger partial charge in [-0.2, -0.15) is 0 Å². The molecule has 0 aromatic carbocycles. The number of fused-ring (bicyclic) bond motifs is 5. The summed E-state index contributed by atoms with van der Waals surface area (Å²) in [6, 6.07) is 0. The van der Waals surface area contributed by atoms with Gasteiger partial charge in [-0.15, -0.1) is 0 Å². The van der Waals surface area contributed by atoms with Crippen LogP contribution in [0.2, 0.25) is 0 Å². The van der Waals surface area contributed by atoms with E-state index in [0.717, 1.165) is 38.5 Å². The molecule has 2 N–H and O–H groups in total. The number of hydrogen-bond acceptors (Lipinski definition) is 3. The molecule has 0 heterocycles. The predicted molar refractivity (Wildman–Crippen MR) is 130 cm³/mol. The lowest BCUT2D eigenvalue weighted by Crippen LogP contribution is -2.57. The van der Waals surface area contributed by atoms with Gasteiger partial charge in [-0.1, -0.05) is 48.0 Å². The maximum Gasteiger partial charge on any atom is 0.136 e. The summed E-state index contributed by atoms with van der Waals surface area (Å²) in [5, 5.41) is 22.3. The van der Waals surface area contributed by atoms with Crippen molar-refractivity contribution in [3.8, 4) is 0 Å². The van der Waals surface area contributed by atoms with Crippen LogP contribution in [0.5, 0.6) is 0 Å². The summed E-state index contributed by atoms with van der Waals surface area (Å²) < 4.78 is 14.2. The maximum atomic E-state index is 14.2. The molecule has 0 saturated heterocycles. The van der Waals surface area contributed by atoms with Gasteiger partial charge in [-0.05, 0) is 97.2 Å². The highest BCUT2D eigenvalue weighted by molar-refractivity contribution is 5.83. The fraction of sp³-hybridized carbons (Fsp3) is 0.966. The molecule has 4 aliphatic carbocycles. The second-order valence-corrected chi connectivity index (χ2v) is 13.4. The summed E-state index contributed by atoms with van der Waals surface area (Å²) in [6.45, 7) is 13.2. The van der Waals surface area contributed by atoms with E-state index in [4.69, 9.17) is 0 Å². The Bertz CT molecular complexity index is 724. The van der Waals surface area contributed by atoms with Gasteiger partial charge in [0, 0.05) is 12.3 Å². The lowest BCUT2D eigenvalue weighted by atomic mass is 9.44. The number of aliphatic hydroxyl groups is 2. The fourth-order valence-corrected chi connectivity index (χ4v) is 9.81. The molecule has 3 nitrogen and oxygen atoms in total. The van der Waals surface area contributed by atoms with Crippen molar-refractivity contribution in [2.75, 3.05) is 0 Å². The summed E-state index contributed by atoms with van der Waals surface area (Å²) in [5.74, 6) is 2.56. The molecule has 0 aliphatic heterocycles. The van der Waals surface area contributed by atoms with Crippen LogP contribution in [0, 0.1) is 58.2 Å². The van der Waals surface area contributed by atoms with Crippen molar-refractivity contribution < 1.29 is 19.4 Å². The van der Waals surface area contributed by atoms with E-state index in [9.17, 15) is 19.4 Å². The van der Waals surface area contributed by atoms with Crippen LogP contribution in [0.25, 0.3) is 0 Å². The first-order valence-electron chi connectivity index (χ1n) is 14.0. The summed E-state index contributed by atoms with van der Waals surface area (Å²) in [4.78, 5) is 13.3. The Morgan fingerprint density at radius 2 is 1.61 bits per heavy atom. The van der Waals surface area contributed by atoms with Gasteiger partial charge < -0.3 is 10.2 Å². The van der Waals surface area contributed by atoms with Crippen LogP contribution in [0.1, 0.15) is 99.3 Å². The van der Waals surface area contributed by atoms with Crippen molar-refractivity contribution in [1.29, 1.82) is 0 Å². The van der Waals surface area contributed by atoms with E-state index in [2.05, 4.69) is 41.5 Å². The number of alkyl halides is 1. The second kappa shape index (κ2) is 9.19. The zero-order chi connectivity index (χ0) is 24.3. The highest BCUT2D eigenvalue weighted by Crippen LogP contribution is 2.68. The number of rotatable bonds is 6. The van der Waals surface area contributed by atoms with Crippen LogP contribution in [0.3, 0.4) is 0 Å². The largest absolute Gasteiger partial charge is 0.390 e. The van der Waals surface area contributed by atoms with Crippen molar-refractivity contribution in [3.63, 3.8) is 0 Å². The molecule has 4 rings (SSSR count). The number of hydrogen-bond donors (Lipinski definition) is 2. The predicted octanol–water partition coefficient (Wildman–Crippen LogP) is 6.20. The molecule has 33 heavy (non-hydrogen) atoms. The molecule has 0 amide bonds. The smallest absolute Gasteiger partial charge is 0.136 e. The first-order chi connectivity index (χ1) is 15.5.